The molecule has 246 valence electrons. The van der Waals surface area contributed by atoms with Crippen molar-refractivity contribution in [1.29, 1.82) is 0 Å². The van der Waals surface area contributed by atoms with E-state index in [1.807, 2.05) is 32.2 Å². The van der Waals surface area contributed by atoms with E-state index in [1.165, 1.54) is 5.38 Å². The molecule has 1 aliphatic carbocycles. The Morgan fingerprint density at radius 2 is 1.92 bits per heavy atom. The number of hydrogen-bond acceptors (Lipinski definition) is 7. The van der Waals surface area contributed by atoms with Gasteiger partial charge >= 0.3 is 0 Å². The number of aromatic nitrogens is 5. The molecular weight excluding hydrogens is 641 g/mol. The molecule has 1 amide bonds. The first-order valence-electron chi connectivity index (χ1n) is 15.3. The van der Waals surface area contributed by atoms with Crippen molar-refractivity contribution in [3.8, 4) is 39.5 Å². The van der Waals surface area contributed by atoms with Gasteiger partial charge in [0.1, 0.15) is 40.7 Å². The molecule has 2 aromatic carbocycles. The van der Waals surface area contributed by atoms with Gasteiger partial charge < -0.3 is 14.8 Å². The predicted molar refractivity (Wildman–Crippen MR) is 178 cm³/mol. The number of H-pyrrole nitrogens is 1. The van der Waals surface area contributed by atoms with Crippen molar-refractivity contribution in [3.63, 3.8) is 0 Å². The summed E-state index contributed by atoms with van der Waals surface area (Å²) < 4.78 is 60.8. The van der Waals surface area contributed by atoms with Crippen molar-refractivity contribution < 1.29 is 27.4 Å². The molecule has 4 aromatic heterocycles. The smallest absolute Gasteiger partial charge is 0.243 e. The lowest BCUT2D eigenvalue weighted by Crippen LogP contribution is -2.39. The second-order valence-corrected chi connectivity index (χ2v) is 12.8. The summed E-state index contributed by atoms with van der Waals surface area (Å²) in [6, 6.07) is 8.70. The molecule has 2 N–H and O–H groups in total. The van der Waals surface area contributed by atoms with Crippen molar-refractivity contribution in [3.05, 3.63) is 83.3 Å². The van der Waals surface area contributed by atoms with Crippen LogP contribution in [0.4, 0.5) is 13.2 Å². The van der Waals surface area contributed by atoms with Crippen LogP contribution >= 0.6 is 11.3 Å². The number of rotatable bonds is 9. The van der Waals surface area contributed by atoms with Crippen LogP contribution in [0.25, 0.3) is 54.8 Å². The van der Waals surface area contributed by atoms with Gasteiger partial charge in [-0.25, -0.2) is 18.2 Å². The fraction of sp³-hybridized carbons (Fsp3) is 0.257. The van der Waals surface area contributed by atoms with Crippen LogP contribution in [-0.4, -0.2) is 50.2 Å². The lowest BCUT2D eigenvalue weighted by Gasteiger charge is -2.34. The average Bonchev–Trinajstić information content (AvgIpc) is 3.76. The zero-order valence-corrected chi connectivity index (χ0v) is 27.3. The summed E-state index contributed by atoms with van der Waals surface area (Å²) in [4.78, 5) is 17.1. The number of aryl methyl sites for hydroxylation is 2. The molecule has 1 saturated carbocycles. The molecule has 0 saturated heterocycles. The van der Waals surface area contributed by atoms with Gasteiger partial charge in [0.05, 0.1) is 39.3 Å². The number of carbonyl (C=O) groups is 1. The van der Waals surface area contributed by atoms with E-state index < -0.39 is 23.5 Å². The number of nitrogens with zero attached hydrogens (tertiary/aromatic N) is 4. The monoisotopic (exact) mass is 672 g/mol. The van der Waals surface area contributed by atoms with Crippen molar-refractivity contribution in [2.75, 3.05) is 7.11 Å². The summed E-state index contributed by atoms with van der Waals surface area (Å²) in [6.07, 6.45) is 1.84. The van der Waals surface area contributed by atoms with Gasteiger partial charge in [-0.05, 0) is 32.1 Å². The Bertz CT molecular complexity index is 2240. The number of carbonyl (C=O) groups excluding carboxylic acids is 1. The van der Waals surface area contributed by atoms with Gasteiger partial charge in [-0.2, -0.15) is 10.2 Å². The maximum Gasteiger partial charge on any atom is 0.243 e. The predicted octanol–water partition coefficient (Wildman–Crippen LogP) is 7.55. The molecule has 1 aliphatic rings. The second-order valence-electron chi connectivity index (χ2n) is 11.9. The summed E-state index contributed by atoms with van der Waals surface area (Å²) in [5.74, 6) is -2.85. The number of hydrogen-bond donors (Lipinski definition) is 2. The number of methoxy groups -OCH3 is 1. The zero-order valence-electron chi connectivity index (χ0n) is 26.5. The molecule has 1 fully saturated rings. The maximum atomic E-state index is 16.1. The van der Waals surface area contributed by atoms with Gasteiger partial charge in [0, 0.05) is 72.1 Å². The first-order chi connectivity index (χ1) is 23.1. The number of pyridine rings is 1. The first kappa shape index (κ1) is 31.6. The minimum Gasteiger partial charge on any atom is -0.489 e. The second kappa shape index (κ2) is 12.2. The molecule has 0 unspecified atom stereocenters. The Morgan fingerprint density at radius 1 is 1.12 bits per heavy atom. The van der Waals surface area contributed by atoms with Gasteiger partial charge in [-0.3, -0.25) is 14.6 Å². The lowest BCUT2D eigenvalue weighted by atomic mass is 9.91. The summed E-state index contributed by atoms with van der Waals surface area (Å²) in [5.41, 5.74) is 3.65. The third-order valence-corrected chi connectivity index (χ3v) is 9.83. The van der Waals surface area contributed by atoms with E-state index in [1.54, 1.807) is 24.8 Å². The van der Waals surface area contributed by atoms with Crippen LogP contribution in [0.3, 0.4) is 0 Å². The third kappa shape index (κ3) is 5.42. The summed E-state index contributed by atoms with van der Waals surface area (Å²) in [7, 11) is 3.45. The number of amides is 1. The minimum atomic E-state index is -0.942. The van der Waals surface area contributed by atoms with Gasteiger partial charge in [0.15, 0.2) is 0 Å². The number of nitrogens with one attached hydrogen (secondary N) is 2. The van der Waals surface area contributed by atoms with E-state index in [0.717, 1.165) is 46.1 Å². The molecule has 9 nitrogen and oxygen atoms in total. The molecule has 7 rings (SSSR count). The van der Waals surface area contributed by atoms with Crippen LogP contribution in [0, 0.1) is 24.4 Å². The van der Waals surface area contributed by atoms with E-state index in [4.69, 9.17) is 14.5 Å². The number of ether oxygens (including phenoxy) is 2. The molecule has 6 aromatic rings. The van der Waals surface area contributed by atoms with E-state index in [9.17, 15) is 9.18 Å². The summed E-state index contributed by atoms with van der Waals surface area (Å²) in [6.45, 7) is 7.21. The van der Waals surface area contributed by atoms with Gasteiger partial charge in [0.2, 0.25) is 5.91 Å². The molecule has 0 bridgehead atoms. The van der Waals surface area contributed by atoms with Crippen LogP contribution in [-0.2, 0) is 16.6 Å². The number of fused-ring (bicyclic) bond motifs is 2. The Balaban J connectivity index is 1.49. The Kier molecular flexibility index (Phi) is 8.04. The average molecular weight is 673 g/mol. The number of halogens is 3. The third-order valence-electron chi connectivity index (χ3n) is 8.87. The fourth-order valence-electron chi connectivity index (χ4n) is 6.08. The minimum absolute atomic E-state index is 0.0272. The quantitative estimate of drug-likeness (QED) is 0.154. The summed E-state index contributed by atoms with van der Waals surface area (Å²) >= 11 is 1.13. The van der Waals surface area contributed by atoms with Crippen molar-refractivity contribution in [2.45, 2.75) is 44.9 Å². The van der Waals surface area contributed by atoms with Crippen LogP contribution in [0.15, 0.2) is 54.4 Å². The van der Waals surface area contributed by atoms with E-state index in [0.29, 0.717) is 34.5 Å². The van der Waals surface area contributed by atoms with Gasteiger partial charge in [0.25, 0.3) is 0 Å². The molecular formula is C35H31F3N6O3S. The van der Waals surface area contributed by atoms with Crippen molar-refractivity contribution in [2.24, 2.45) is 7.05 Å². The highest BCUT2D eigenvalue weighted by Gasteiger charge is 2.34. The molecule has 13 heteroatoms. The number of thiophene rings is 1. The van der Waals surface area contributed by atoms with Crippen LogP contribution in [0.2, 0.25) is 0 Å². The SMILES string of the molecule is C=CC(=O)N[C@H](C)c1cc(-c2nc(-c3ccc4c(C)n(C)nc4c3)c3scc(F)c3c2-c2c(F)cc(F)cc2OC2CC(OC)C2)n[nH]1. The molecule has 4 heterocycles. The molecule has 0 spiro atoms. The first-order valence-corrected chi connectivity index (χ1v) is 16.2. The molecule has 48 heavy (non-hydrogen) atoms. The Morgan fingerprint density at radius 3 is 2.67 bits per heavy atom. The fourth-order valence-corrected chi connectivity index (χ4v) is 7.02. The van der Waals surface area contributed by atoms with Crippen LogP contribution in [0.5, 0.6) is 5.75 Å². The Hall–Kier alpha value is -5.01. The molecule has 0 aliphatic heterocycles. The van der Waals surface area contributed by atoms with Gasteiger partial charge in [-0.15, -0.1) is 11.3 Å². The Labute approximate surface area is 277 Å². The van der Waals surface area contributed by atoms with Crippen molar-refractivity contribution >= 4 is 38.2 Å². The largest absolute Gasteiger partial charge is 0.489 e. The van der Waals surface area contributed by atoms with Gasteiger partial charge in [-0.1, -0.05) is 18.7 Å². The van der Waals surface area contributed by atoms with Crippen LogP contribution in [0.1, 0.15) is 37.2 Å². The highest BCUT2D eigenvalue weighted by atomic mass is 32.1. The zero-order chi connectivity index (χ0) is 33.9. The topological polar surface area (TPSA) is 107 Å². The highest BCUT2D eigenvalue weighted by molar-refractivity contribution is 7.17. The number of benzene rings is 2. The van der Waals surface area contributed by atoms with E-state index in [-0.39, 0.29) is 51.8 Å². The van der Waals surface area contributed by atoms with Crippen molar-refractivity contribution in [1.82, 2.24) is 30.3 Å². The molecule has 0 radical (unpaired) electrons. The summed E-state index contributed by atoms with van der Waals surface area (Å²) in [5, 5.41) is 17.2. The number of aromatic amines is 1. The lowest BCUT2D eigenvalue weighted by molar-refractivity contribution is -0.117. The van der Waals surface area contributed by atoms with E-state index in [2.05, 4.69) is 27.2 Å². The maximum absolute atomic E-state index is 16.1. The molecule has 1 atom stereocenters. The van der Waals surface area contributed by atoms with E-state index >= 15 is 8.78 Å². The highest BCUT2D eigenvalue weighted by Crippen LogP contribution is 2.48. The standard InChI is InChI=1S/C35H31F3N6O3S/c1-6-29(45)39-16(2)25-14-27(42-41-25)34-32(30-23(37)10-19(36)11-28(30)47-21-12-20(13-21)46-5)31-24(38)15-48-35(31)33(40-34)18-7-8-22-17(3)44(4)43-26(22)9-18/h6-11,14-16,20-21H,1,12-13H2,2-5H3,(H,39,45)(H,41,42)/t16-,20?,21?/m1/s1. The van der Waals surface area contributed by atoms with Crippen LogP contribution < -0.4 is 10.1 Å². The normalized spacial score (nSPS) is 16.6.